The number of nitrogens with two attached hydrogens (primary N) is 1. The zero-order chi connectivity index (χ0) is 10.5. The number of benzene rings is 1. The molecule has 2 N–H and O–H groups in total. The number of hydrogen-bond acceptors (Lipinski definition) is 4. The highest BCUT2D eigenvalue weighted by atomic mass is 15.3. The molecule has 0 atom stereocenters. The summed E-state index contributed by atoms with van der Waals surface area (Å²) in [6.45, 7) is 0. The Balaban J connectivity index is 0.000000206. The summed E-state index contributed by atoms with van der Waals surface area (Å²) >= 11 is 0. The highest BCUT2D eigenvalue weighted by molar-refractivity contribution is 4.99. The van der Waals surface area contributed by atoms with Crippen molar-refractivity contribution in [2.45, 2.75) is 0 Å². The SMILES string of the molecule is CN.c1ccccc1.c1cnnnc1. The van der Waals surface area contributed by atoms with E-state index in [-0.39, 0.29) is 0 Å². The minimum absolute atomic E-state index is 1.50. The predicted octanol–water partition coefficient (Wildman–Crippen LogP) is 1.13. The molecule has 14 heavy (non-hydrogen) atoms. The molecule has 0 bridgehead atoms. The average molecular weight is 190 g/mol. The largest absolute Gasteiger partial charge is 0.333 e. The third-order valence-electron chi connectivity index (χ3n) is 1.08. The van der Waals surface area contributed by atoms with Crippen LogP contribution in [0.25, 0.3) is 0 Å². The van der Waals surface area contributed by atoms with E-state index in [1.807, 2.05) is 36.4 Å². The van der Waals surface area contributed by atoms with E-state index < -0.39 is 0 Å². The molecule has 0 fully saturated rings. The van der Waals surface area contributed by atoms with Gasteiger partial charge in [-0.2, -0.15) is 0 Å². The van der Waals surface area contributed by atoms with E-state index in [2.05, 4.69) is 21.1 Å². The average Bonchev–Trinajstić information content (AvgIpc) is 2.37. The minimum atomic E-state index is 1.50. The Bertz CT molecular complexity index is 188. The molecular weight excluding hydrogens is 176 g/mol. The van der Waals surface area contributed by atoms with Gasteiger partial charge in [0.25, 0.3) is 0 Å². The molecule has 1 aromatic carbocycles. The first-order chi connectivity index (χ1) is 7.00. The van der Waals surface area contributed by atoms with E-state index >= 15 is 0 Å². The van der Waals surface area contributed by atoms with Gasteiger partial charge in [0, 0.05) is 0 Å². The van der Waals surface area contributed by atoms with Crippen LogP contribution in [0, 0.1) is 0 Å². The normalized spacial score (nSPS) is 7.29. The number of hydrogen-bond donors (Lipinski definition) is 1. The van der Waals surface area contributed by atoms with Gasteiger partial charge in [-0.05, 0) is 18.3 Å². The molecule has 0 spiro atoms. The van der Waals surface area contributed by atoms with Crippen molar-refractivity contribution in [1.29, 1.82) is 0 Å². The molecule has 0 saturated carbocycles. The maximum Gasteiger partial charge on any atom is 0.0529 e. The molecule has 0 radical (unpaired) electrons. The Morgan fingerprint density at radius 1 is 0.643 bits per heavy atom. The van der Waals surface area contributed by atoms with Crippen molar-refractivity contribution >= 4 is 0 Å². The minimum Gasteiger partial charge on any atom is -0.333 e. The van der Waals surface area contributed by atoms with Crippen molar-refractivity contribution in [2.24, 2.45) is 5.73 Å². The first-order valence-electron chi connectivity index (χ1n) is 4.16. The maximum atomic E-state index is 4.50. The zero-order valence-electron chi connectivity index (χ0n) is 8.12. The highest BCUT2D eigenvalue weighted by Gasteiger charge is 1.60. The molecule has 4 heteroatoms. The van der Waals surface area contributed by atoms with Gasteiger partial charge in [-0.15, -0.1) is 10.2 Å². The van der Waals surface area contributed by atoms with Crippen molar-refractivity contribution < 1.29 is 0 Å². The van der Waals surface area contributed by atoms with E-state index in [4.69, 9.17) is 0 Å². The molecule has 74 valence electrons. The fourth-order valence-electron chi connectivity index (χ4n) is 0.590. The van der Waals surface area contributed by atoms with Crippen LogP contribution in [0.15, 0.2) is 54.9 Å². The molecule has 1 heterocycles. The molecule has 0 aliphatic carbocycles. The molecule has 4 nitrogen and oxygen atoms in total. The molecule has 0 amide bonds. The van der Waals surface area contributed by atoms with Gasteiger partial charge in [0.2, 0.25) is 0 Å². The summed E-state index contributed by atoms with van der Waals surface area (Å²) in [5.74, 6) is 0. The fraction of sp³-hybridized carbons (Fsp3) is 0.100. The Labute approximate surface area is 83.8 Å². The first kappa shape index (κ1) is 12.2. The van der Waals surface area contributed by atoms with Crippen LogP contribution in [-0.4, -0.2) is 22.5 Å². The van der Waals surface area contributed by atoms with Crippen molar-refractivity contribution in [2.75, 3.05) is 7.05 Å². The lowest BCUT2D eigenvalue weighted by molar-refractivity contribution is 0.865. The van der Waals surface area contributed by atoms with Gasteiger partial charge >= 0.3 is 0 Å². The third-order valence-corrected chi connectivity index (χ3v) is 1.08. The molecule has 0 unspecified atom stereocenters. The molecular formula is C10H14N4. The van der Waals surface area contributed by atoms with Gasteiger partial charge in [0.1, 0.15) is 0 Å². The molecule has 0 aliphatic heterocycles. The van der Waals surface area contributed by atoms with Crippen molar-refractivity contribution in [3.05, 3.63) is 54.9 Å². The van der Waals surface area contributed by atoms with Gasteiger partial charge in [-0.25, -0.2) is 0 Å². The third kappa shape index (κ3) is 8.29. The summed E-state index contributed by atoms with van der Waals surface area (Å²) in [6.07, 6.45) is 3.15. The fourth-order valence-corrected chi connectivity index (χ4v) is 0.590. The van der Waals surface area contributed by atoms with Crippen molar-refractivity contribution in [3.8, 4) is 0 Å². The molecule has 2 aromatic rings. The number of rotatable bonds is 0. The Hall–Kier alpha value is -1.81. The summed E-state index contributed by atoms with van der Waals surface area (Å²) in [5.41, 5.74) is 4.50. The highest BCUT2D eigenvalue weighted by Crippen LogP contribution is 1.79. The van der Waals surface area contributed by atoms with Gasteiger partial charge in [0.15, 0.2) is 0 Å². The molecule has 0 saturated heterocycles. The monoisotopic (exact) mass is 190 g/mol. The first-order valence-corrected chi connectivity index (χ1v) is 4.16. The van der Waals surface area contributed by atoms with Crippen LogP contribution in [0.3, 0.4) is 0 Å². The lowest BCUT2D eigenvalue weighted by Gasteiger charge is -1.69. The van der Waals surface area contributed by atoms with Crippen LogP contribution >= 0.6 is 0 Å². The van der Waals surface area contributed by atoms with Gasteiger partial charge in [-0.1, -0.05) is 36.4 Å². The van der Waals surface area contributed by atoms with Crippen molar-refractivity contribution in [1.82, 2.24) is 15.4 Å². The van der Waals surface area contributed by atoms with Gasteiger partial charge in [-0.3, -0.25) is 0 Å². The molecule has 2 rings (SSSR count). The summed E-state index contributed by atoms with van der Waals surface area (Å²) < 4.78 is 0. The number of nitrogens with zero attached hydrogens (tertiary/aromatic N) is 3. The Morgan fingerprint density at radius 2 is 1.00 bits per heavy atom. The van der Waals surface area contributed by atoms with Crippen LogP contribution < -0.4 is 5.73 Å². The summed E-state index contributed by atoms with van der Waals surface area (Å²) in [6, 6.07) is 13.7. The Kier molecular flexibility index (Phi) is 9.74. The standard InChI is InChI=1S/C6H6.C3H3N3.CH5N/c2*1-2-4-6-5-3-1;1-2/h1-6H;1-3H;2H2,1H3. The number of aromatic nitrogens is 3. The summed E-state index contributed by atoms with van der Waals surface area (Å²) in [7, 11) is 1.50. The maximum absolute atomic E-state index is 4.50. The lowest BCUT2D eigenvalue weighted by Crippen LogP contribution is -1.78. The smallest absolute Gasteiger partial charge is 0.0529 e. The molecule has 0 aliphatic rings. The molecule has 1 aromatic heterocycles. The topological polar surface area (TPSA) is 64.7 Å². The van der Waals surface area contributed by atoms with Crippen LogP contribution in [0.1, 0.15) is 0 Å². The van der Waals surface area contributed by atoms with Crippen LogP contribution in [0.2, 0.25) is 0 Å². The second-order valence-corrected chi connectivity index (χ2v) is 1.97. The van der Waals surface area contributed by atoms with E-state index in [0.29, 0.717) is 0 Å². The summed E-state index contributed by atoms with van der Waals surface area (Å²) in [4.78, 5) is 0. The van der Waals surface area contributed by atoms with Gasteiger partial charge in [0.05, 0.1) is 12.4 Å². The zero-order valence-corrected chi connectivity index (χ0v) is 8.12. The van der Waals surface area contributed by atoms with Gasteiger partial charge < -0.3 is 5.73 Å². The Morgan fingerprint density at radius 3 is 1.14 bits per heavy atom. The van der Waals surface area contributed by atoms with Crippen molar-refractivity contribution in [3.63, 3.8) is 0 Å². The second-order valence-electron chi connectivity index (χ2n) is 1.97. The van der Waals surface area contributed by atoms with Crippen LogP contribution in [0.4, 0.5) is 0 Å². The van der Waals surface area contributed by atoms with E-state index in [1.165, 1.54) is 7.05 Å². The second kappa shape index (κ2) is 11.2. The van der Waals surface area contributed by atoms with Crippen LogP contribution in [-0.2, 0) is 0 Å². The van der Waals surface area contributed by atoms with Crippen LogP contribution in [0.5, 0.6) is 0 Å². The lowest BCUT2D eigenvalue weighted by atomic mass is 10.4. The summed E-state index contributed by atoms with van der Waals surface area (Å²) in [5, 5.41) is 10.1. The predicted molar refractivity (Wildman–Crippen MR) is 56.4 cm³/mol. The van der Waals surface area contributed by atoms with E-state index in [0.717, 1.165) is 0 Å². The quantitative estimate of drug-likeness (QED) is 0.676. The van der Waals surface area contributed by atoms with E-state index in [1.54, 1.807) is 18.5 Å². The van der Waals surface area contributed by atoms with E-state index in [9.17, 15) is 0 Å².